The van der Waals surface area contributed by atoms with E-state index in [2.05, 4.69) is 16.4 Å². The number of rotatable bonds is 5. The number of nitrogens with zero attached hydrogens (tertiary/aromatic N) is 3. The number of carbonyl (C=O) groups excluding carboxylic acids is 1. The van der Waals surface area contributed by atoms with Gasteiger partial charge in [0.15, 0.2) is 0 Å². The Morgan fingerprint density at radius 2 is 2.12 bits per heavy atom. The number of hydrogen-bond acceptors (Lipinski definition) is 4. The summed E-state index contributed by atoms with van der Waals surface area (Å²) >= 11 is 0. The molecule has 0 radical (unpaired) electrons. The van der Waals surface area contributed by atoms with Gasteiger partial charge in [-0.3, -0.25) is 4.79 Å². The van der Waals surface area contributed by atoms with Crippen molar-refractivity contribution < 1.29 is 9.53 Å². The van der Waals surface area contributed by atoms with E-state index in [1.807, 2.05) is 42.5 Å². The predicted octanol–water partition coefficient (Wildman–Crippen LogP) is 2.74. The van der Waals surface area contributed by atoms with Gasteiger partial charge in [0, 0.05) is 19.0 Å². The molecule has 0 aliphatic carbocycles. The standard InChI is InChI=1S/C19H16N4O2/c1-25-13-22-19(24)18-11-23(12-21-18)16-7-4-6-14(9-16)17-8-3-2-5-15(17)10-20/h2-9,11-12H,13H2,1H3,(H,22,24). The molecule has 0 bridgehead atoms. The maximum Gasteiger partial charge on any atom is 0.273 e. The van der Waals surface area contributed by atoms with E-state index >= 15 is 0 Å². The molecule has 6 nitrogen and oxygen atoms in total. The lowest BCUT2D eigenvalue weighted by Crippen LogP contribution is -2.25. The van der Waals surface area contributed by atoms with E-state index in [0.717, 1.165) is 16.8 Å². The van der Waals surface area contributed by atoms with Crippen molar-refractivity contribution >= 4 is 5.91 Å². The Bertz CT molecular complexity index is 940. The van der Waals surface area contributed by atoms with Gasteiger partial charge in [-0.2, -0.15) is 5.26 Å². The molecule has 0 aliphatic heterocycles. The Hall–Kier alpha value is -3.43. The third-order valence-corrected chi connectivity index (χ3v) is 3.70. The summed E-state index contributed by atoms with van der Waals surface area (Å²) in [6.45, 7) is 0.131. The number of ether oxygens (including phenoxy) is 1. The summed E-state index contributed by atoms with van der Waals surface area (Å²) in [7, 11) is 1.50. The van der Waals surface area contributed by atoms with Gasteiger partial charge in [-0.25, -0.2) is 4.98 Å². The third kappa shape index (κ3) is 3.57. The van der Waals surface area contributed by atoms with Crippen molar-refractivity contribution in [2.45, 2.75) is 0 Å². The number of imidazole rings is 1. The molecule has 3 aromatic rings. The van der Waals surface area contributed by atoms with Crippen LogP contribution in [0.2, 0.25) is 0 Å². The van der Waals surface area contributed by atoms with E-state index in [1.165, 1.54) is 7.11 Å². The number of nitrogens with one attached hydrogen (secondary N) is 1. The van der Waals surface area contributed by atoms with E-state index in [4.69, 9.17) is 4.74 Å². The number of methoxy groups -OCH3 is 1. The molecule has 1 N–H and O–H groups in total. The molecule has 1 aromatic heterocycles. The first-order valence-corrected chi connectivity index (χ1v) is 7.64. The van der Waals surface area contributed by atoms with E-state index in [9.17, 15) is 10.1 Å². The normalized spacial score (nSPS) is 10.2. The van der Waals surface area contributed by atoms with Gasteiger partial charge in [0.2, 0.25) is 0 Å². The Labute approximate surface area is 145 Å². The molecule has 1 heterocycles. The molecule has 0 aliphatic rings. The van der Waals surface area contributed by atoms with Crippen LogP contribution < -0.4 is 5.32 Å². The summed E-state index contributed by atoms with van der Waals surface area (Å²) in [6.07, 6.45) is 3.23. The highest BCUT2D eigenvalue weighted by molar-refractivity contribution is 5.92. The lowest BCUT2D eigenvalue weighted by molar-refractivity contribution is 0.0867. The van der Waals surface area contributed by atoms with Crippen molar-refractivity contribution in [1.29, 1.82) is 5.26 Å². The van der Waals surface area contributed by atoms with E-state index < -0.39 is 0 Å². The summed E-state index contributed by atoms with van der Waals surface area (Å²) in [5.41, 5.74) is 3.56. The van der Waals surface area contributed by atoms with Gasteiger partial charge in [0.25, 0.3) is 5.91 Å². The highest BCUT2D eigenvalue weighted by Crippen LogP contribution is 2.25. The molecule has 0 spiro atoms. The van der Waals surface area contributed by atoms with Crippen molar-refractivity contribution in [1.82, 2.24) is 14.9 Å². The zero-order valence-corrected chi connectivity index (χ0v) is 13.6. The van der Waals surface area contributed by atoms with E-state index in [1.54, 1.807) is 23.2 Å². The van der Waals surface area contributed by atoms with Crippen LogP contribution in [0.4, 0.5) is 0 Å². The average molecular weight is 332 g/mol. The molecular weight excluding hydrogens is 316 g/mol. The predicted molar refractivity (Wildman–Crippen MR) is 93.1 cm³/mol. The molecule has 0 saturated carbocycles. The first-order chi connectivity index (χ1) is 12.2. The highest BCUT2D eigenvalue weighted by atomic mass is 16.5. The molecule has 1 amide bonds. The third-order valence-electron chi connectivity index (χ3n) is 3.70. The van der Waals surface area contributed by atoms with Gasteiger partial charge in [-0.05, 0) is 29.3 Å². The molecule has 3 rings (SSSR count). The van der Waals surface area contributed by atoms with Crippen LogP contribution in [0.3, 0.4) is 0 Å². The van der Waals surface area contributed by atoms with Gasteiger partial charge in [-0.15, -0.1) is 0 Å². The number of carbonyl (C=O) groups is 1. The lowest BCUT2D eigenvalue weighted by atomic mass is 10.00. The summed E-state index contributed by atoms with van der Waals surface area (Å²) in [4.78, 5) is 16.0. The quantitative estimate of drug-likeness (QED) is 0.729. The second-order valence-corrected chi connectivity index (χ2v) is 5.31. The number of hydrogen-bond donors (Lipinski definition) is 1. The molecular formula is C19H16N4O2. The van der Waals surface area contributed by atoms with Crippen LogP contribution in [0.1, 0.15) is 16.1 Å². The maximum atomic E-state index is 11.9. The van der Waals surface area contributed by atoms with Crippen molar-refractivity contribution in [3.8, 4) is 22.9 Å². The fraction of sp³-hybridized carbons (Fsp3) is 0.105. The fourth-order valence-electron chi connectivity index (χ4n) is 2.48. The molecule has 25 heavy (non-hydrogen) atoms. The number of amides is 1. The molecule has 0 saturated heterocycles. The Morgan fingerprint density at radius 3 is 2.92 bits per heavy atom. The van der Waals surface area contributed by atoms with E-state index in [-0.39, 0.29) is 12.6 Å². The summed E-state index contributed by atoms with van der Waals surface area (Å²) < 4.78 is 6.58. The average Bonchev–Trinajstić information content (AvgIpc) is 3.16. The second kappa shape index (κ2) is 7.43. The molecule has 2 aromatic carbocycles. The number of nitriles is 1. The largest absolute Gasteiger partial charge is 0.364 e. The summed E-state index contributed by atoms with van der Waals surface area (Å²) in [6, 6.07) is 17.4. The lowest BCUT2D eigenvalue weighted by Gasteiger charge is -2.07. The van der Waals surface area contributed by atoms with Crippen molar-refractivity contribution in [2.24, 2.45) is 0 Å². The van der Waals surface area contributed by atoms with Crippen LogP contribution in [0, 0.1) is 11.3 Å². The van der Waals surface area contributed by atoms with Crippen molar-refractivity contribution in [3.05, 3.63) is 72.3 Å². The van der Waals surface area contributed by atoms with Gasteiger partial charge in [0.1, 0.15) is 18.8 Å². The zero-order valence-electron chi connectivity index (χ0n) is 13.6. The Morgan fingerprint density at radius 1 is 1.28 bits per heavy atom. The van der Waals surface area contributed by atoms with Crippen LogP contribution in [-0.2, 0) is 4.74 Å². The second-order valence-electron chi connectivity index (χ2n) is 5.31. The first kappa shape index (κ1) is 16.4. The van der Waals surface area contributed by atoms with Crippen molar-refractivity contribution in [2.75, 3.05) is 13.8 Å². The smallest absolute Gasteiger partial charge is 0.273 e. The summed E-state index contributed by atoms with van der Waals surface area (Å²) in [5.74, 6) is -0.299. The fourth-order valence-corrected chi connectivity index (χ4v) is 2.48. The number of aromatic nitrogens is 2. The molecule has 0 fully saturated rings. The minimum Gasteiger partial charge on any atom is -0.364 e. The van der Waals surface area contributed by atoms with E-state index in [0.29, 0.717) is 11.3 Å². The maximum absolute atomic E-state index is 11.9. The Balaban J connectivity index is 1.91. The topological polar surface area (TPSA) is 79.9 Å². The molecule has 124 valence electrons. The van der Waals surface area contributed by atoms with Gasteiger partial charge >= 0.3 is 0 Å². The zero-order chi connectivity index (χ0) is 17.6. The minimum absolute atomic E-state index is 0.131. The number of benzene rings is 2. The van der Waals surface area contributed by atoms with Crippen LogP contribution >= 0.6 is 0 Å². The monoisotopic (exact) mass is 332 g/mol. The van der Waals surface area contributed by atoms with Crippen LogP contribution in [0.5, 0.6) is 0 Å². The molecule has 6 heteroatoms. The van der Waals surface area contributed by atoms with Gasteiger partial charge < -0.3 is 14.6 Å². The summed E-state index contributed by atoms with van der Waals surface area (Å²) in [5, 5.41) is 11.9. The van der Waals surface area contributed by atoms with Gasteiger partial charge in [-0.1, -0.05) is 30.3 Å². The molecule has 0 unspecified atom stereocenters. The molecule has 0 atom stereocenters. The Kier molecular flexibility index (Phi) is 4.88. The first-order valence-electron chi connectivity index (χ1n) is 7.64. The van der Waals surface area contributed by atoms with Crippen LogP contribution in [0.15, 0.2) is 61.1 Å². The minimum atomic E-state index is -0.299. The SMILES string of the molecule is COCNC(=O)c1cn(-c2cccc(-c3ccccc3C#N)c2)cn1. The van der Waals surface area contributed by atoms with Gasteiger partial charge in [0.05, 0.1) is 11.6 Å². The van der Waals surface area contributed by atoms with Crippen LogP contribution in [0.25, 0.3) is 16.8 Å². The van der Waals surface area contributed by atoms with Crippen LogP contribution in [-0.4, -0.2) is 29.3 Å². The highest BCUT2D eigenvalue weighted by Gasteiger charge is 2.10. The van der Waals surface area contributed by atoms with Crippen molar-refractivity contribution in [3.63, 3.8) is 0 Å².